The molecule has 0 unspecified atom stereocenters. The third kappa shape index (κ3) is 41.7. The normalized spacial score (nSPS) is 12.3. The second-order valence-electron chi connectivity index (χ2n) is 4.04. The fourth-order valence-corrected chi connectivity index (χ4v) is 0.526. The molecule has 0 saturated heterocycles. The van der Waals surface area contributed by atoms with E-state index in [0.29, 0.717) is 5.92 Å². The van der Waals surface area contributed by atoms with Gasteiger partial charge >= 0.3 is 0 Å². The van der Waals surface area contributed by atoms with Crippen molar-refractivity contribution in [1.29, 1.82) is 0 Å². The lowest BCUT2D eigenvalue weighted by atomic mass is 10.2. The average Bonchev–Trinajstić information content (AvgIpc) is 3.06. The highest BCUT2D eigenvalue weighted by molar-refractivity contribution is 4.70. The Morgan fingerprint density at radius 2 is 1.40 bits per heavy atom. The molecule has 0 aliphatic heterocycles. The number of hydrogen-bond donors (Lipinski definition) is 0. The molecular weight excluding hydrogens is 180 g/mol. The van der Waals surface area contributed by atoms with Gasteiger partial charge < -0.3 is 0 Å². The molecule has 1 saturated carbocycles. The van der Waals surface area contributed by atoms with Crippen LogP contribution in [-0.4, -0.2) is 0 Å². The van der Waals surface area contributed by atoms with Crippen LogP contribution in [0, 0.1) is 11.8 Å². The van der Waals surface area contributed by atoms with E-state index in [1.54, 1.807) is 0 Å². The Labute approximate surface area is 99.2 Å². The minimum absolute atomic E-state index is 0.648. The standard InChI is InChI=1S/2C5H10.C3H8.C2H6/c1-2-5-3-4-5;1-4-5(2)3;1-3-2;1-2/h5H,2-4H2,1H3;4-5H,1H2,2-3H3;3H2,1-2H3;1-2H3. The van der Waals surface area contributed by atoms with Crippen LogP contribution in [-0.2, 0) is 0 Å². The lowest BCUT2D eigenvalue weighted by Crippen LogP contribution is -1.71. The van der Waals surface area contributed by atoms with Crippen LogP contribution in [0.25, 0.3) is 0 Å². The fraction of sp³-hybridized carbons (Fsp3) is 0.867. The Morgan fingerprint density at radius 3 is 1.40 bits per heavy atom. The molecule has 1 rings (SSSR count). The molecule has 0 nitrogen and oxygen atoms in total. The molecule has 0 spiro atoms. The zero-order chi connectivity index (χ0) is 12.7. The highest BCUT2D eigenvalue weighted by Crippen LogP contribution is 2.31. The molecule has 1 aliphatic rings. The van der Waals surface area contributed by atoms with Crippen molar-refractivity contribution in [2.24, 2.45) is 11.8 Å². The van der Waals surface area contributed by atoms with Crippen molar-refractivity contribution < 1.29 is 0 Å². The number of allylic oxidation sites excluding steroid dienone is 1. The van der Waals surface area contributed by atoms with Crippen molar-refractivity contribution in [2.45, 2.75) is 74.1 Å². The minimum Gasteiger partial charge on any atom is -0.103 e. The molecule has 0 amide bonds. The summed E-state index contributed by atoms with van der Waals surface area (Å²) in [6, 6.07) is 0. The molecule has 0 atom stereocenters. The third-order valence-electron chi connectivity index (χ3n) is 1.75. The van der Waals surface area contributed by atoms with Gasteiger partial charge in [-0.1, -0.05) is 80.2 Å². The monoisotopic (exact) mass is 214 g/mol. The summed E-state index contributed by atoms with van der Waals surface area (Å²) in [5.74, 6) is 1.78. The molecule has 94 valence electrons. The summed E-state index contributed by atoms with van der Waals surface area (Å²) in [7, 11) is 0. The Morgan fingerprint density at radius 1 is 1.13 bits per heavy atom. The van der Waals surface area contributed by atoms with Crippen molar-refractivity contribution in [3.05, 3.63) is 12.7 Å². The topological polar surface area (TPSA) is 0 Å². The van der Waals surface area contributed by atoms with Crippen LogP contribution in [0.2, 0.25) is 0 Å². The zero-order valence-corrected chi connectivity index (χ0v) is 12.3. The molecular formula is C15H34. The van der Waals surface area contributed by atoms with Crippen LogP contribution in [0.5, 0.6) is 0 Å². The summed E-state index contributed by atoms with van der Waals surface area (Å²) in [6.45, 7) is 18.3. The first-order chi connectivity index (χ1) is 7.12. The highest BCUT2D eigenvalue weighted by atomic mass is 14.2. The highest BCUT2D eigenvalue weighted by Gasteiger charge is 2.17. The van der Waals surface area contributed by atoms with E-state index in [2.05, 4.69) is 41.2 Å². The molecule has 0 aromatic carbocycles. The van der Waals surface area contributed by atoms with Gasteiger partial charge in [0.1, 0.15) is 0 Å². The first-order valence-electron chi connectivity index (χ1n) is 6.74. The minimum atomic E-state index is 0.648. The Kier molecular flexibility index (Phi) is 26.0. The molecule has 0 N–H and O–H groups in total. The molecule has 0 heteroatoms. The van der Waals surface area contributed by atoms with Crippen molar-refractivity contribution in [3.8, 4) is 0 Å². The van der Waals surface area contributed by atoms with Crippen LogP contribution < -0.4 is 0 Å². The maximum Gasteiger partial charge on any atom is -0.0293 e. The van der Waals surface area contributed by atoms with Crippen LogP contribution in [0.3, 0.4) is 0 Å². The van der Waals surface area contributed by atoms with Crippen LogP contribution in [0.4, 0.5) is 0 Å². The van der Waals surface area contributed by atoms with E-state index in [4.69, 9.17) is 0 Å². The van der Waals surface area contributed by atoms with E-state index in [1.165, 1.54) is 25.7 Å². The van der Waals surface area contributed by atoms with Gasteiger partial charge in [0.15, 0.2) is 0 Å². The van der Waals surface area contributed by atoms with Gasteiger partial charge in [-0.3, -0.25) is 0 Å². The molecule has 1 fully saturated rings. The summed E-state index contributed by atoms with van der Waals surface area (Å²) >= 11 is 0. The van der Waals surface area contributed by atoms with Crippen LogP contribution >= 0.6 is 0 Å². The molecule has 0 heterocycles. The lowest BCUT2D eigenvalue weighted by molar-refractivity contribution is 0.799. The van der Waals surface area contributed by atoms with Crippen molar-refractivity contribution in [2.75, 3.05) is 0 Å². The van der Waals surface area contributed by atoms with E-state index in [-0.39, 0.29) is 0 Å². The van der Waals surface area contributed by atoms with E-state index < -0.39 is 0 Å². The largest absolute Gasteiger partial charge is 0.103 e. The second kappa shape index (κ2) is 19.3. The van der Waals surface area contributed by atoms with E-state index in [9.17, 15) is 0 Å². The van der Waals surface area contributed by atoms with E-state index >= 15 is 0 Å². The Bertz CT molecular complexity index is 88.2. The second-order valence-corrected chi connectivity index (χ2v) is 4.04. The van der Waals surface area contributed by atoms with Gasteiger partial charge in [-0.05, 0) is 11.8 Å². The SMILES string of the molecule is C=CC(C)C.CC.CCC.CCC1CC1. The van der Waals surface area contributed by atoms with Crippen LogP contribution in [0.15, 0.2) is 12.7 Å². The molecule has 0 radical (unpaired) electrons. The molecule has 1 aliphatic carbocycles. The van der Waals surface area contributed by atoms with Gasteiger partial charge in [-0.25, -0.2) is 0 Å². The van der Waals surface area contributed by atoms with Crippen molar-refractivity contribution >= 4 is 0 Å². The lowest BCUT2D eigenvalue weighted by Gasteiger charge is -1.84. The molecule has 0 aromatic rings. The predicted molar refractivity (Wildman–Crippen MR) is 75.4 cm³/mol. The average molecular weight is 214 g/mol. The van der Waals surface area contributed by atoms with Crippen molar-refractivity contribution in [3.63, 3.8) is 0 Å². The summed E-state index contributed by atoms with van der Waals surface area (Å²) in [4.78, 5) is 0. The number of rotatable bonds is 2. The van der Waals surface area contributed by atoms with E-state index in [1.807, 2.05) is 19.9 Å². The van der Waals surface area contributed by atoms with Gasteiger partial charge in [-0.2, -0.15) is 0 Å². The van der Waals surface area contributed by atoms with E-state index in [0.717, 1.165) is 5.92 Å². The van der Waals surface area contributed by atoms with Crippen molar-refractivity contribution in [1.82, 2.24) is 0 Å². The van der Waals surface area contributed by atoms with Gasteiger partial charge in [0.05, 0.1) is 0 Å². The predicted octanol–water partition coefficient (Wildman–Crippen LogP) is 6.08. The van der Waals surface area contributed by atoms with Gasteiger partial charge in [0, 0.05) is 0 Å². The molecule has 0 bridgehead atoms. The number of hydrogen-bond acceptors (Lipinski definition) is 0. The zero-order valence-electron chi connectivity index (χ0n) is 12.3. The first kappa shape index (κ1) is 20.2. The Balaban J connectivity index is -0.000000137. The van der Waals surface area contributed by atoms with Crippen LogP contribution in [0.1, 0.15) is 74.1 Å². The van der Waals surface area contributed by atoms with Gasteiger partial charge in [-0.15, -0.1) is 6.58 Å². The maximum atomic E-state index is 3.56. The fourth-order valence-electron chi connectivity index (χ4n) is 0.526. The summed E-state index contributed by atoms with van der Waals surface area (Å²) < 4.78 is 0. The molecule has 0 aromatic heterocycles. The third-order valence-corrected chi connectivity index (χ3v) is 1.75. The maximum absolute atomic E-state index is 3.56. The molecule has 15 heavy (non-hydrogen) atoms. The first-order valence-corrected chi connectivity index (χ1v) is 6.74. The van der Waals surface area contributed by atoms with Gasteiger partial charge in [0.2, 0.25) is 0 Å². The quantitative estimate of drug-likeness (QED) is 0.489. The smallest absolute Gasteiger partial charge is 0.0293 e. The summed E-state index contributed by atoms with van der Waals surface area (Å²) in [5.41, 5.74) is 0. The Hall–Kier alpha value is -0.260. The summed E-state index contributed by atoms with van der Waals surface area (Å²) in [5, 5.41) is 0. The van der Waals surface area contributed by atoms with Gasteiger partial charge in [0.25, 0.3) is 0 Å². The summed E-state index contributed by atoms with van der Waals surface area (Å²) in [6.07, 6.45) is 7.60.